The molecule has 1 atom stereocenters. The molecule has 0 saturated heterocycles. The lowest BCUT2D eigenvalue weighted by Gasteiger charge is -2.16. The number of thioether (sulfide) groups is 1. The van der Waals surface area contributed by atoms with E-state index in [1.165, 1.54) is 50.5 Å². The quantitative estimate of drug-likeness (QED) is 0.0615. The molecule has 0 fully saturated rings. The van der Waals surface area contributed by atoms with Crippen LogP contribution in [0, 0.1) is 0 Å². The Kier molecular flexibility index (Phi) is 14.8. The minimum atomic E-state index is -0.590. The molecule has 3 aromatic carbocycles. The van der Waals surface area contributed by atoms with Crippen LogP contribution < -0.4 is 30.2 Å². The van der Waals surface area contributed by atoms with Gasteiger partial charge in [-0.2, -0.15) is 0 Å². The van der Waals surface area contributed by atoms with E-state index in [9.17, 15) is 19.2 Å². The van der Waals surface area contributed by atoms with Gasteiger partial charge in [0.2, 0.25) is 5.91 Å². The van der Waals surface area contributed by atoms with Gasteiger partial charge in [0.1, 0.15) is 16.4 Å². The summed E-state index contributed by atoms with van der Waals surface area (Å²) in [7, 11) is 4.49. The van der Waals surface area contributed by atoms with E-state index >= 15 is 0 Å². The number of hydrogen-bond acceptors (Lipinski definition) is 10. The number of rotatable bonds is 15. The second-order valence-corrected chi connectivity index (χ2v) is 15.0. The number of carbonyl (C=O) groups excluding carboxylic acids is 4. The minimum absolute atomic E-state index is 0.0503. The van der Waals surface area contributed by atoms with E-state index < -0.39 is 23.0 Å². The molecule has 0 radical (unpaired) electrons. The second kappa shape index (κ2) is 19.9. The third kappa shape index (κ3) is 10.5. The van der Waals surface area contributed by atoms with Crippen LogP contribution in [0.2, 0.25) is 0 Å². The van der Waals surface area contributed by atoms with Crippen molar-refractivity contribution in [2.45, 2.75) is 68.9 Å². The fraction of sp³-hybridized carbons (Fsp3) is 0.333. The standard InChI is InChI=1S/C42H47N3O8S2/c1-6-35(40(48)45-41-37(42(49)53-7-2)30-20-13-8-9-14-21-36(30)55-41)54-29-19-15-18-28(24-29)43-39(47)31(44-38(46)26-16-11-10-12-17-26)22-27-23-33(51-4)34(52-5)25-32(27)50-3/h10-12,15-19,22-25,35H,6-9,13-14,20-21H2,1-5H3,(H,43,47)(H,44,46)(H,45,48)/b31-22+. The van der Waals surface area contributed by atoms with Gasteiger partial charge in [-0.3, -0.25) is 14.4 Å². The van der Waals surface area contributed by atoms with E-state index in [1.54, 1.807) is 67.6 Å². The topological polar surface area (TPSA) is 141 Å². The number of benzene rings is 3. The summed E-state index contributed by atoms with van der Waals surface area (Å²) < 4.78 is 21.9. The predicted octanol–water partition coefficient (Wildman–Crippen LogP) is 8.53. The fourth-order valence-corrected chi connectivity index (χ4v) is 8.51. The van der Waals surface area contributed by atoms with Crippen molar-refractivity contribution in [1.29, 1.82) is 0 Å². The number of hydrogen-bond donors (Lipinski definition) is 3. The lowest BCUT2D eigenvalue weighted by molar-refractivity contribution is -0.116. The first-order valence-corrected chi connectivity index (χ1v) is 20.0. The van der Waals surface area contributed by atoms with E-state index in [4.69, 9.17) is 18.9 Å². The van der Waals surface area contributed by atoms with Crippen LogP contribution >= 0.6 is 23.1 Å². The molecule has 1 aromatic heterocycles. The number of nitrogens with one attached hydrogen (secondary N) is 3. The number of fused-ring (bicyclic) bond motifs is 1. The first-order chi connectivity index (χ1) is 26.7. The van der Waals surface area contributed by atoms with Crippen molar-refractivity contribution in [1.82, 2.24) is 5.32 Å². The number of aryl methyl sites for hydroxylation is 1. The second-order valence-electron chi connectivity index (χ2n) is 12.7. The highest BCUT2D eigenvalue weighted by Gasteiger charge is 2.28. The fourth-order valence-electron chi connectivity index (χ4n) is 6.21. The van der Waals surface area contributed by atoms with Crippen LogP contribution in [0.15, 0.2) is 77.3 Å². The molecule has 55 heavy (non-hydrogen) atoms. The Bertz CT molecular complexity index is 2030. The summed E-state index contributed by atoms with van der Waals surface area (Å²) in [5.74, 6) is -0.465. The molecule has 1 aliphatic carbocycles. The minimum Gasteiger partial charge on any atom is -0.496 e. The molecule has 11 nitrogen and oxygen atoms in total. The summed E-state index contributed by atoms with van der Waals surface area (Å²) >= 11 is 2.83. The average molecular weight is 786 g/mol. The number of thiophene rings is 1. The molecule has 5 rings (SSSR count). The summed E-state index contributed by atoms with van der Waals surface area (Å²) in [6, 6.07) is 19.0. The van der Waals surface area contributed by atoms with Crippen LogP contribution in [-0.2, 0) is 27.2 Å². The molecule has 1 aliphatic rings. The number of ether oxygens (including phenoxy) is 4. The lowest BCUT2D eigenvalue weighted by atomic mass is 9.96. The van der Waals surface area contributed by atoms with Gasteiger partial charge in [0, 0.05) is 32.7 Å². The SMILES string of the molecule is CCOC(=O)c1c(NC(=O)C(CC)Sc2cccc(NC(=O)/C(=C\c3cc(OC)c(OC)cc3OC)NC(=O)c3ccccc3)c2)sc2c1CCCCCC2. The Morgan fingerprint density at radius 3 is 2.22 bits per heavy atom. The van der Waals surface area contributed by atoms with Gasteiger partial charge in [0.05, 0.1) is 38.7 Å². The highest BCUT2D eigenvalue weighted by Crippen LogP contribution is 2.39. The Labute approximate surface area is 330 Å². The van der Waals surface area contributed by atoms with Crippen molar-refractivity contribution in [2.24, 2.45) is 0 Å². The van der Waals surface area contributed by atoms with Gasteiger partial charge in [0.25, 0.3) is 11.8 Å². The number of esters is 1. The summed E-state index contributed by atoms with van der Waals surface area (Å²) in [6.45, 7) is 3.95. The monoisotopic (exact) mass is 785 g/mol. The lowest BCUT2D eigenvalue weighted by Crippen LogP contribution is -2.30. The van der Waals surface area contributed by atoms with Crippen LogP contribution in [0.4, 0.5) is 10.7 Å². The van der Waals surface area contributed by atoms with Gasteiger partial charge < -0.3 is 34.9 Å². The van der Waals surface area contributed by atoms with Crippen LogP contribution in [0.3, 0.4) is 0 Å². The molecule has 0 aliphatic heterocycles. The largest absolute Gasteiger partial charge is 0.496 e. The molecule has 1 unspecified atom stereocenters. The molecule has 4 aromatic rings. The molecule has 13 heteroatoms. The van der Waals surface area contributed by atoms with Gasteiger partial charge >= 0.3 is 5.97 Å². The number of anilines is 2. The predicted molar refractivity (Wildman–Crippen MR) is 218 cm³/mol. The van der Waals surface area contributed by atoms with E-state index in [1.807, 2.05) is 13.0 Å². The Balaban J connectivity index is 1.38. The molecule has 0 saturated carbocycles. The van der Waals surface area contributed by atoms with E-state index in [-0.39, 0.29) is 18.2 Å². The molecule has 1 heterocycles. The van der Waals surface area contributed by atoms with Crippen LogP contribution in [0.25, 0.3) is 6.08 Å². The average Bonchev–Trinajstić information content (AvgIpc) is 3.51. The van der Waals surface area contributed by atoms with Crippen molar-refractivity contribution < 1.29 is 38.1 Å². The van der Waals surface area contributed by atoms with Gasteiger partial charge in [-0.25, -0.2) is 4.79 Å². The molecule has 3 amide bonds. The number of carbonyl (C=O) groups is 4. The molecular formula is C42H47N3O8S2. The van der Waals surface area contributed by atoms with E-state index in [0.717, 1.165) is 53.9 Å². The maximum absolute atomic E-state index is 13.9. The van der Waals surface area contributed by atoms with Crippen molar-refractivity contribution in [3.63, 3.8) is 0 Å². The van der Waals surface area contributed by atoms with Gasteiger partial charge in [-0.15, -0.1) is 23.1 Å². The summed E-state index contributed by atoms with van der Waals surface area (Å²) in [5, 5.41) is 8.76. The smallest absolute Gasteiger partial charge is 0.341 e. The maximum Gasteiger partial charge on any atom is 0.341 e. The van der Waals surface area contributed by atoms with Gasteiger partial charge in [-0.05, 0) is 87.1 Å². The normalized spacial score (nSPS) is 13.3. The van der Waals surface area contributed by atoms with E-state index in [2.05, 4.69) is 16.0 Å². The first kappa shape index (κ1) is 40.9. The molecular weight excluding hydrogens is 739 g/mol. The molecule has 0 bridgehead atoms. The summed E-state index contributed by atoms with van der Waals surface area (Å²) in [5.41, 5.74) is 2.71. The summed E-state index contributed by atoms with van der Waals surface area (Å²) in [4.78, 5) is 56.0. The molecule has 290 valence electrons. The zero-order valence-corrected chi connectivity index (χ0v) is 33.4. The first-order valence-electron chi connectivity index (χ1n) is 18.3. The zero-order valence-electron chi connectivity index (χ0n) is 31.7. The van der Waals surface area contributed by atoms with Gasteiger partial charge in [-0.1, -0.05) is 44.0 Å². The van der Waals surface area contributed by atoms with Crippen molar-refractivity contribution in [2.75, 3.05) is 38.6 Å². The highest BCUT2D eigenvalue weighted by atomic mass is 32.2. The number of amides is 3. The van der Waals surface area contributed by atoms with Crippen molar-refractivity contribution >= 4 is 63.6 Å². The molecule has 0 spiro atoms. The maximum atomic E-state index is 13.9. The summed E-state index contributed by atoms with van der Waals surface area (Å²) in [6.07, 6.45) is 7.97. The van der Waals surface area contributed by atoms with Crippen molar-refractivity contribution in [3.8, 4) is 17.2 Å². The Hall–Kier alpha value is -5.27. The van der Waals surface area contributed by atoms with Gasteiger partial charge in [0.15, 0.2) is 11.5 Å². The van der Waals surface area contributed by atoms with E-state index in [0.29, 0.717) is 51.0 Å². The zero-order chi connectivity index (χ0) is 39.3. The molecule has 3 N–H and O–H groups in total. The third-order valence-electron chi connectivity index (χ3n) is 8.99. The highest BCUT2D eigenvalue weighted by molar-refractivity contribution is 8.00. The van der Waals surface area contributed by atoms with Crippen molar-refractivity contribution in [3.05, 3.63) is 99.6 Å². The number of methoxy groups -OCH3 is 3. The Morgan fingerprint density at radius 2 is 1.53 bits per heavy atom. The third-order valence-corrected chi connectivity index (χ3v) is 11.6. The van der Waals surface area contributed by atoms with Crippen LogP contribution in [0.5, 0.6) is 17.2 Å². The van der Waals surface area contributed by atoms with Crippen LogP contribution in [-0.4, -0.2) is 56.9 Å². The van der Waals surface area contributed by atoms with Crippen LogP contribution in [0.1, 0.15) is 82.7 Å². The Morgan fingerprint density at radius 1 is 0.818 bits per heavy atom.